The van der Waals surface area contributed by atoms with Crippen LogP contribution in [0.15, 0.2) is 42.0 Å². The molecule has 4 rings (SSSR count). The van der Waals surface area contributed by atoms with Crippen LogP contribution in [0.4, 0.5) is 4.39 Å². The van der Waals surface area contributed by atoms with Crippen molar-refractivity contribution in [2.75, 3.05) is 6.54 Å². The summed E-state index contributed by atoms with van der Waals surface area (Å²) in [7, 11) is 0. The van der Waals surface area contributed by atoms with E-state index < -0.39 is 0 Å². The van der Waals surface area contributed by atoms with Gasteiger partial charge in [0.15, 0.2) is 0 Å². The first kappa shape index (κ1) is 13.2. The van der Waals surface area contributed by atoms with E-state index in [1.807, 2.05) is 12.2 Å². The average molecular weight is 299 g/mol. The number of imide groups is 1. The summed E-state index contributed by atoms with van der Waals surface area (Å²) >= 11 is 0. The maximum atomic E-state index is 13.2. The van der Waals surface area contributed by atoms with E-state index in [0.29, 0.717) is 24.2 Å². The van der Waals surface area contributed by atoms with Gasteiger partial charge in [0.05, 0.1) is 12.5 Å². The maximum absolute atomic E-state index is 13.2. The minimum Gasteiger partial charge on any atom is -0.488 e. The van der Waals surface area contributed by atoms with Gasteiger partial charge in [0.25, 0.3) is 5.91 Å². The molecule has 2 unspecified atom stereocenters. The molecule has 0 N–H and O–H groups in total. The topological polar surface area (TPSA) is 46.6 Å². The molecule has 1 aliphatic carbocycles. The molecule has 0 aromatic heterocycles. The highest BCUT2D eigenvalue weighted by Crippen LogP contribution is 2.34. The predicted molar refractivity (Wildman–Crippen MR) is 76.6 cm³/mol. The highest BCUT2D eigenvalue weighted by atomic mass is 19.1. The first-order chi connectivity index (χ1) is 10.6. The Morgan fingerprint density at radius 2 is 2.18 bits per heavy atom. The van der Waals surface area contributed by atoms with Crippen LogP contribution in [0.25, 0.3) is 0 Å². The monoisotopic (exact) mass is 299 g/mol. The number of ether oxygens (including phenoxy) is 1. The molecule has 22 heavy (non-hydrogen) atoms. The van der Waals surface area contributed by atoms with E-state index >= 15 is 0 Å². The summed E-state index contributed by atoms with van der Waals surface area (Å²) in [6.45, 7) is 0.210. The minimum atomic E-state index is -0.348. The van der Waals surface area contributed by atoms with Crippen molar-refractivity contribution >= 4 is 11.8 Å². The van der Waals surface area contributed by atoms with Gasteiger partial charge in [-0.25, -0.2) is 4.39 Å². The lowest BCUT2D eigenvalue weighted by atomic mass is 9.94. The number of carbonyl (C=O) groups is 2. The lowest BCUT2D eigenvalue weighted by Crippen LogP contribution is -2.39. The normalized spacial score (nSPS) is 25.9. The van der Waals surface area contributed by atoms with Gasteiger partial charge in [-0.15, -0.1) is 0 Å². The summed E-state index contributed by atoms with van der Waals surface area (Å²) in [5, 5.41) is 0. The van der Waals surface area contributed by atoms with E-state index in [0.717, 1.165) is 5.56 Å². The van der Waals surface area contributed by atoms with Crippen molar-refractivity contribution in [1.82, 2.24) is 4.90 Å². The second kappa shape index (κ2) is 4.80. The van der Waals surface area contributed by atoms with E-state index in [4.69, 9.17) is 4.74 Å². The minimum absolute atomic E-state index is 0.161. The molecule has 1 aromatic carbocycles. The van der Waals surface area contributed by atoms with Crippen LogP contribution in [0.2, 0.25) is 0 Å². The third kappa shape index (κ3) is 1.96. The zero-order valence-corrected chi connectivity index (χ0v) is 11.8. The third-order valence-corrected chi connectivity index (χ3v) is 4.37. The number of amides is 2. The summed E-state index contributed by atoms with van der Waals surface area (Å²) in [5.74, 6) is -0.419. The van der Waals surface area contributed by atoms with Crippen LogP contribution in [0, 0.1) is 11.7 Å². The van der Waals surface area contributed by atoms with Crippen molar-refractivity contribution in [3.8, 4) is 5.75 Å². The second-order valence-electron chi connectivity index (χ2n) is 5.79. The van der Waals surface area contributed by atoms with Gasteiger partial charge in [-0.05, 0) is 24.6 Å². The molecule has 1 saturated heterocycles. The van der Waals surface area contributed by atoms with E-state index in [9.17, 15) is 14.0 Å². The van der Waals surface area contributed by atoms with Gasteiger partial charge in [0.1, 0.15) is 17.7 Å². The van der Waals surface area contributed by atoms with E-state index in [-0.39, 0.29) is 36.2 Å². The van der Waals surface area contributed by atoms with Gasteiger partial charge >= 0.3 is 0 Å². The molecule has 3 aliphatic rings. The van der Waals surface area contributed by atoms with Gasteiger partial charge in [-0.3, -0.25) is 14.5 Å². The molecule has 5 heteroatoms. The Bertz CT molecular complexity index is 737. The summed E-state index contributed by atoms with van der Waals surface area (Å²) in [5.41, 5.74) is 1.34. The fraction of sp³-hybridized carbons (Fsp3) is 0.294. The Kier molecular flexibility index (Phi) is 2.89. The fourth-order valence-corrected chi connectivity index (χ4v) is 3.30. The van der Waals surface area contributed by atoms with Gasteiger partial charge < -0.3 is 4.74 Å². The standard InChI is InChI=1S/C17H14FNO3/c18-11-5-6-15-10(7-11)8-12(22-15)9-19-16(20)13-3-1-2-4-14(13)17(19)21/h1-3,5-7,12,14H,4,8-9H2. The number of nitrogens with zero attached hydrogens (tertiary/aromatic N) is 1. The molecule has 112 valence electrons. The lowest BCUT2D eigenvalue weighted by Gasteiger charge is -2.18. The number of benzene rings is 1. The Hall–Kier alpha value is -2.43. The molecule has 0 saturated carbocycles. The number of rotatable bonds is 2. The number of fused-ring (bicyclic) bond motifs is 2. The van der Waals surface area contributed by atoms with Crippen molar-refractivity contribution in [3.63, 3.8) is 0 Å². The molecule has 0 radical (unpaired) electrons. The zero-order chi connectivity index (χ0) is 15.3. The Balaban J connectivity index is 1.51. The first-order valence-corrected chi connectivity index (χ1v) is 7.31. The largest absolute Gasteiger partial charge is 0.488 e. The van der Waals surface area contributed by atoms with E-state index in [2.05, 4.69) is 0 Å². The summed E-state index contributed by atoms with van der Waals surface area (Å²) in [4.78, 5) is 26.0. The predicted octanol–water partition coefficient (Wildman–Crippen LogP) is 2.00. The molecule has 4 nitrogen and oxygen atoms in total. The van der Waals surface area contributed by atoms with Gasteiger partial charge in [-0.1, -0.05) is 18.2 Å². The first-order valence-electron chi connectivity index (χ1n) is 7.31. The van der Waals surface area contributed by atoms with Gasteiger partial charge in [0, 0.05) is 17.6 Å². The average Bonchev–Trinajstić information content (AvgIpc) is 3.02. The molecule has 0 spiro atoms. The highest BCUT2D eigenvalue weighted by Gasteiger charge is 2.44. The SMILES string of the molecule is O=C1C2=CC=CCC2C(=O)N1CC1Cc2cc(F)ccc2O1. The zero-order valence-electron chi connectivity index (χ0n) is 11.8. The third-order valence-electron chi connectivity index (χ3n) is 4.37. The van der Waals surface area contributed by atoms with Crippen molar-refractivity contribution in [3.05, 3.63) is 53.4 Å². The number of allylic oxidation sites excluding steroid dienone is 3. The molecule has 2 aliphatic heterocycles. The van der Waals surface area contributed by atoms with Crippen molar-refractivity contribution in [1.29, 1.82) is 0 Å². The Morgan fingerprint density at radius 1 is 1.32 bits per heavy atom. The summed E-state index contributed by atoms with van der Waals surface area (Å²) in [6, 6.07) is 4.37. The number of carbonyl (C=O) groups excluding carboxylic acids is 2. The van der Waals surface area contributed by atoms with Crippen molar-refractivity contribution in [2.24, 2.45) is 5.92 Å². The number of hydrogen-bond donors (Lipinski definition) is 0. The Labute approximate surface area is 126 Å². The molecule has 0 bridgehead atoms. The summed E-state index contributed by atoms with van der Waals surface area (Å²) in [6.07, 6.45) is 6.20. The van der Waals surface area contributed by atoms with Crippen LogP contribution >= 0.6 is 0 Å². The van der Waals surface area contributed by atoms with Gasteiger partial charge in [0.2, 0.25) is 5.91 Å². The number of hydrogen-bond acceptors (Lipinski definition) is 3. The maximum Gasteiger partial charge on any atom is 0.257 e. The van der Waals surface area contributed by atoms with Crippen LogP contribution in [-0.4, -0.2) is 29.4 Å². The molecular weight excluding hydrogens is 285 g/mol. The van der Waals surface area contributed by atoms with Crippen LogP contribution < -0.4 is 4.74 Å². The molecule has 1 fully saturated rings. The quantitative estimate of drug-likeness (QED) is 0.785. The fourth-order valence-electron chi connectivity index (χ4n) is 3.30. The smallest absolute Gasteiger partial charge is 0.257 e. The van der Waals surface area contributed by atoms with Crippen LogP contribution in [-0.2, 0) is 16.0 Å². The highest BCUT2D eigenvalue weighted by molar-refractivity contribution is 6.15. The Morgan fingerprint density at radius 3 is 3.00 bits per heavy atom. The van der Waals surface area contributed by atoms with Gasteiger partial charge in [-0.2, -0.15) is 0 Å². The molecule has 2 atom stereocenters. The van der Waals surface area contributed by atoms with Crippen LogP contribution in [0.1, 0.15) is 12.0 Å². The van der Waals surface area contributed by atoms with Crippen LogP contribution in [0.3, 0.4) is 0 Å². The lowest BCUT2D eigenvalue weighted by molar-refractivity contribution is -0.140. The van der Waals surface area contributed by atoms with Crippen molar-refractivity contribution in [2.45, 2.75) is 18.9 Å². The molecule has 1 aromatic rings. The summed E-state index contributed by atoms with van der Waals surface area (Å²) < 4.78 is 19.0. The number of halogens is 1. The second-order valence-corrected chi connectivity index (χ2v) is 5.79. The molecule has 2 heterocycles. The number of likely N-dealkylation sites (tertiary alicyclic amines) is 1. The molecule has 2 amide bonds. The van der Waals surface area contributed by atoms with Crippen molar-refractivity contribution < 1.29 is 18.7 Å². The molecular formula is C17H14FNO3. The van der Waals surface area contributed by atoms with E-state index in [1.165, 1.54) is 17.0 Å². The van der Waals surface area contributed by atoms with E-state index in [1.54, 1.807) is 12.1 Å². The van der Waals surface area contributed by atoms with Crippen LogP contribution in [0.5, 0.6) is 5.75 Å².